The summed E-state index contributed by atoms with van der Waals surface area (Å²) in [5.74, 6) is 0.235. The molecule has 1 amide bonds. The van der Waals surface area contributed by atoms with Crippen molar-refractivity contribution in [1.82, 2.24) is 4.72 Å². The quantitative estimate of drug-likeness (QED) is 0.799. The molecule has 1 aromatic heterocycles. The number of carbonyl (C=O) groups is 1. The number of aryl methyl sites for hydroxylation is 1. The number of amides is 1. The first-order valence-electron chi connectivity index (χ1n) is 6.97. The van der Waals surface area contributed by atoms with Gasteiger partial charge in [-0.3, -0.25) is 4.79 Å². The van der Waals surface area contributed by atoms with Gasteiger partial charge in [-0.15, -0.1) is 11.3 Å². The highest BCUT2D eigenvalue weighted by Gasteiger charge is 2.17. The van der Waals surface area contributed by atoms with Gasteiger partial charge in [0.25, 0.3) is 10.0 Å². The Morgan fingerprint density at radius 1 is 1.17 bits per heavy atom. The van der Waals surface area contributed by atoms with Gasteiger partial charge in [0, 0.05) is 10.6 Å². The van der Waals surface area contributed by atoms with Crippen LogP contribution in [0.3, 0.4) is 0 Å². The molecule has 0 aliphatic heterocycles. The van der Waals surface area contributed by atoms with Crippen LogP contribution in [0.2, 0.25) is 0 Å². The summed E-state index contributed by atoms with van der Waals surface area (Å²) < 4.78 is 31.7. The van der Waals surface area contributed by atoms with E-state index in [9.17, 15) is 13.2 Å². The number of ether oxygens (including phenoxy) is 1. The Labute approximate surface area is 139 Å². The van der Waals surface area contributed by atoms with Gasteiger partial charge in [-0.25, -0.2) is 13.1 Å². The predicted octanol–water partition coefficient (Wildman–Crippen LogP) is 2.24. The van der Waals surface area contributed by atoms with Crippen molar-refractivity contribution in [3.05, 3.63) is 41.3 Å². The van der Waals surface area contributed by atoms with E-state index in [2.05, 4.69) is 10.0 Å². The molecule has 23 heavy (non-hydrogen) atoms. The Bertz CT molecular complexity index is 767. The third-order valence-electron chi connectivity index (χ3n) is 3.05. The molecule has 2 N–H and O–H groups in total. The highest BCUT2D eigenvalue weighted by molar-refractivity contribution is 7.91. The summed E-state index contributed by atoms with van der Waals surface area (Å²) in [5, 5.41) is 2.62. The molecule has 124 valence electrons. The van der Waals surface area contributed by atoms with E-state index in [0.29, 0.717) is 11.4 Å². The fourth-order valence-corrected chi connectivity index (χ4v) is 4.13. The van der Waals surface area contributed by atoms with Crippen LogP contribution < -0.4 is 14.8 Å². The zero-order valence-corrected chi connectivity index (χ0v) is 14.5. The molecule has 8 heteroatoms. The van der Waals surface area contributed by atoms with Crippen molar-refractivity contribution in [1.29, 1.82) is 0 Å². The molecule has 0 spiro atoms. The van der Waals surface area contributed by atoms with Crippen LogP contribution >= 0.6 is 11.3 Å². The van der Waals surface area contributed by atoms with Crippen molar-refractivity contribution in [2.75, 3.05) is 19.0 Å². The average Bonchev–Trinajstić information content (AvgIpc) is 3.04. The number of sulfonamides is 1. The van der Waals surface area contributed by atoms with Gasteiger partial charge in [-0.05, 0) is 42.8 Å². The zero-order chi connectivity index (χ0) is 16.9. The van der Waals surface area contributed by atoms with Gasteiger partial charge in [0.05, 0.1) is 13.7 Å². The molecule has 0 atom stereocenters. The highest BCUT2D eigenvalue weighted by Crippen LogP contribution is 2.21. The van der Waals surface area contributed by atoms with E-state index in [-0.39, 0.29) is 10.8 Å². The van der Waals surface area contributed by atoms with E-state index >= 15 is 0 Å². The molecule has 1 heterocycles. The van der Waals surface area contributed by atoms with Crippen LogP contribution in [0.4, 0.5) is 5.69 Å². The Hall–Kier alpha value is -1.90. The summed E-state index contributed by atoms with van der Waals surface area (Å²) in [6.45, 7) is 1.63. The van der Waals surface area contributed by atoms with Crippen LogP contribution in [0.25, 0.3) is 0 Å². The molecule has 6 nitrogen and oxygen atoms in total. The Kier molecular flexibility index (Phi) is 5.75. The number of thiophene rings is 1. The van der Waals surface area contributed by atoms with Gasteiger partial charge < -0.3 is 10.1 Å². The van der Waals surface area contributed by atoms with Crippen LogP contribution in [-0.2, 0) is 21.2 Å². The Morgan fingerprint density at radius 3 is 2.43 bits per heavy atom. The molecular weight excluding hydrogens is 336 g/mol. The molecule has 0 radical (unpaired) electrons. The number of methoxy groups -OCH3 is 1. The van der Waals surface area contributed by atoms with Crippen molar-refractivity contribution < 1.29 is 17.9 Å². The van der Waals surface area contributed by atoms with Crippen LogP contribution in [0.15, 0.2) is 40.6 Å². The lowest BCUT2D eigenvalue weighted by Gasteiger charge is -2.07. The largest absolute Gasteiger partial charge is 0.497 e. The van der Waals surface area contributed by atoms with E-state index in [1.807, 2.05) is 6.92 Å². The molecule has 2 aromatic rings. The van der Waals surface area contributed by atoms with Crippen LogP contribution in [0.5, 0.6) is 5.75 Å². The van der Waals surface area contributed by atoms with Gasteiger partial charge in [-0.1, -0.05) is 6.92 Å². The Morgan fingerprint density at radius 2 is 1.87 bits per heavy atom. The maximum Gasteiger partial charge on any atom is 0.250 e. The van der Waals surface area contributed by atoms with E-state index in [0.717, 1.165) is 11.3 Å². The first-order chi connectivity index (χ1) is 10.9. The Balaban J connectivity index is 1.92. The molecule has 0 saturated heterocycles. The van der Waals surface area contributed by atoms with E-state index in [1.165, 1.54) is 11.3 Å². The van der Waals surface area contributed by atoms with Crippen LogP contribution in [0.1, 0.15) is 11.8 Å². The third-order valence-corrected chi connectivity index (χ3v) is 6.17. The van der Waals surface area contributed by atoms with Gasteiger partial charge in [0.1, 0.15) is 9.96 Å². The molecule has 0 aliphatic rings. The molecule has 0 unspecified atom stereocenters. The first-order valence-corrected chi connectivity index (χ1v) is 9.27. The molecule has 0 aliphatic carbocycles. The second kappa shape index (κ2) is 7.58. The summed E-state index contributed by atoms with van der Waals surface area (Å²) in [6, 6.07) is 10.1. The standard InChI is InChI=1S/C15H18N2O4S2/c1-3-13-8-9-15(22-13)23(19,20)16-10-14(18)17-11-4-6-12(21-2)7-5-11/h4-9,16H,3,10H2,1-2H3,(H,17,18). The average molecular weight is 354 g/mol. The smallest absolute Gasteiger partial charge is 0.250 e. The second-order valence-electron chi connectivity index (χ2n) is 4.68. The molecule has 0 bridgehead atoms. The van der Waals surface area contributed by atoms with Crippen molar-refractivity contribution in [3.63, 3.8) is 0 Å². The molecule has 1 aromatic carbocycles. The van der Waals surface area contributed by atoms with Gasteiger partial charge in [0.2, 0.25) is 5.91 Å². The minimum Gasteiger partial charge on any atom is -0.497 e. The number of hydrogen-bond donors (Lipinski definition) is 2. The third kappa shape index (κ3) is 4.78. The maximum atomic E-state index is 12.1. The summed E-state index contributed by atoms with van der Waals surface area (Å²) in [7, 11) is -2.11. The van der Waals surface area contributed by atoms with E-state index < -0.39 is 15.9 Å². The normalized spacial score (nSPS) is 11.2. The molecule has 0 saturated carbocycles. The van der Waals surface area contributed by atoms with Crippen molar-refractivity contribution in [2.24, 2.45) is 0 Å². The zero-order valence-electron chi connectivity index (χ0n) is 12.8. The second-order valence-corrected chi connectivity index (χ2v) is 7.84. The fourth-order valence-electron chi connectivity index (χ4n) is 1.80. The predicted molar refractivity (Wildman–Crippen MR) is 90.5 cm³/mol. The fraction of sp³-hybridized carbons (Fsp3) is 0.267. The number of anilines is 1. The van der Waals surface area contributed by atoms with Crippen molar-refractivity contribution >= 4 is 33.0 Å². The first kappa shape index (κ1) is 17.5. The molecular formula is C15H18N2O4S2. The lowest BCUT2D eigenvalue weighted by molar-refractivity contribution is -0.115. The van der Waals surface area contributed by atoms with Crippen molar-refractivity contribution in [2.45, 2.75) is 17.6 Å². The topological polar surface area (TPSA) is 84.5 Å². The molecule has 0 fully saturated rings. The number of benzene rings is 1. The number of carbonyl (C=O) groups excluding carboxylic acids is 1. The van der Waals surface area contributed by atoms with Crippen LogP contribution in [0, 0.1) is 0 Å². The number of nitrogens with one attached hydrogen (secondary N) is 2. The lowest BCUT2D eigenvalue weighted by Crippen LogP contribution is -2.32. The monoisotopic (exact) mass is 354 g/mol. The SMILES string of the molecule is CCc1ccc(S(=O)(=O)NCC(=O)Nc2ccc(OC)cc2)s1. The van der Waals surface area contributed by atoms with Crippen molar-refractivity contribution in [3.8, 4) is 5.75 Å². The number of hydrogen-bond acceptors (Lipinski definition) is 5. The number of rotatable bonds is 7. The van der Waals surface area contributed by atoms with E-state index in [4.69, 9.17) is 4.74 Å². The van der Waals surface area contributed by atoms with Gasteiger partial charge in [0.15, 0.2) is 0 Å². The van der Waals surface area contributed by atoms with Gasteiger partial charge in [-0.2, -0.15) is 0 Å². The summed E-state index contributed by atoms with van der Waals surface area (Å²) in [6.07, 6.45) is 0.776. The minimum atomic E-state index is -3.66. The lowest BCUT2D eigenvalue weighted by atomic mass is 10.3. The summed E-state index contributed by atoms with van der Waals surface area (Å²) in [5.41, 5.74) is 0.569. The molecule has 2 rings (SSSR count). The van der Waals surface area contributed by atoms with Gasteiger partial charge >= 0.3 is 0 Å². The minimum absolute atomic E-state index is 0.214. The maximum absolute atomic E-state index is 12.1. The summed E-state index contributed by atoms with van der Waals surface area (Å²) >= 11 is 1.20. The van der Waals surface area contributed by atoms with Crippen LogP contribution in [-0.4, -0.2) is 28.0 Å². The highest BCUT2D eigenvalue weighted by atomic mass is 32.2. The summed E-state index contributed by atoms with van der Waals surface area (Å²) in [4.78, 5) is 12.8. The van der Waals surface area contributed by atoms with E-state index in [1.54, 1.807) is 43.5 Å².